The number of rotatable bonds is 6. The van der Waals surface area contributed by atoms with Crippen molar-refractivity contribution in [3.63, 3.8) is 0 Å². The normalized spacial score (nSPS) is 19.6. The highest BCUT2D eigenvalue weighted by molar-refractivity contribution is 14.0. The molecule has 2 aliphatic heterocycles. The fourth-order valence-electron chi connectivity index (χ4n) is 3.85. The van der Waals surface area contributed by atoms with Gasteiger partial charge in [0, 0.05) is 26.7 Å². The second-order valence-electron chi connectivity index (χ2n) is 7.55. The van der Waals surface area contributed by atoms with E-state index in [0.29, 0.717) is 38.9 Å². The predicted molar refractivity (Wildman–Crippen MR) is 133 cm³/mol. The van der Waals surface area contributed by atoms with Gasteiger partial charge in [-0.3, -0.25) is 9.89 Å². The molecule has 2 heterocycles. The number of aliphatic imine (C=N–C) groups is 1. The molecule has 0 aliphatic carbocycles. The Hall–Kier alpha value is -2.11. The summed E-state index contributed by atoms with van der Waals surface area (Å²) in [4.78, 5) is 6.64. The number of nitrogens with zero attached hydrogens (tertiary/aromatic N) is 2. The van der Waals surface area contributed by atoms with Crippen LogP contribution in [-0.2, 0) is 4.74 Å². The molecular weight excluding hydrogens is 526 g/mol. The average molecular weight is 556 g/mol. The first kappa shape index (κ1) is 24.5. The molecule has 174 valence electrons. The lowest BCUT2D eigenvalue weighted by Gasteiger charge is -2.35. The third-order valence-corrected chi connectivity index (χ3v) is 5.47. The zero-order chi connectivity index (χ0) is 21.5. The quantitative estimate of drug-likeness (QED) is 0.324. The van der Waals surface area contributed by atoms with E-state index >= 15 is 0 Å². The molecule has 32 heavy (non-hydrogen) atoms. The maximum Gasteiger partial charge on any atom is 0.191 e. The van der Waals surface area contributed by atoms with E-state index in [2.05, 4.69) is 20.5 Å². The highest BCUT2D eigenvalue weighted by Crippen LogP contribution is 2.30. The Kier molecular flexibility index (Phi) is 9.36. The molecular formula is C23H30FIN4O3. The minimum absolute atomic E-state index is 0. The molecule has 4 rings (SSSR count). The van der Waals surface area contributed by atoms with E-state index in [1.165, 1.54) is 6.07 Å². The van der Waals surface area contributed by atoms with Crippen LogP contribution in [0.2, 0.25) is 0 Å². The van der Waals surface area contributed by atoms with Gasteiger partial charge in [-0.25, -0.2) is 4.39 Å². The summed E-state index contributed by atoms with van der Waals surface area (Å²) in [5, 5.41) is 6.69. The molecule has 0 saturated carbocycles. The maximum atomic E-state index is 13.9. The van der Waals surface area contributed by atoms with Crippen LogP contribution in [0.25, 0.3) is 0 Å². The molecule has 7 nitrogen and oxygen atoms in total. The first-order valence-electron chi connectivity index (χ1n) is 10.6. The number of fused-ring (bicyclic) bond motifs is 1. The summed E-state index contributed by atoms with van der Waals surface area (Å²) in [6, 6.07) is 14.5. The minimum Gasteiger partial charge on any atom is -0.486 e. The molecule has 0 aromatic heterocycles. The van der Waals surface area contributed by atoms with Crippen LogP contribution in [0.1, 0.15) is 11.6 Å². The molecule has 2 unspecified atom stereocenters. The standard InChI is InChI=1S/C23H29FN4O3.HI/c1-25-23(26-14-19-16-30-21-7-2-3-8-22(21)31-19)27-15-20(28-9-11-29-12-10-28)17-5-4-6-18(24)13-17;/h2-8,13,19-20H,9-12,14-16H2,1H3,(H2,25,26,27);1H. The Labute approximate surface area is 205 Å². The van der Waals surface area contributed by atoms with E-state index in [9.17, 15) is 4.39 Å². The Morgan fingerprint density at radius 2 is 1.91 bits per heavy atom. The summed E-state index contributed by atoms with van der Waals surface area (Å²) >= 11 is 0. The number of morpholine rings is 1. The van der Waals surface area contributed by atoms with Crippen LogP contribution in [-0.4, -0.2) is 70.0 Å². The van der Waals surface area contributed by atoms with Gasteiger partial charge in [0.05, 0.1) is 25.8 Å². The number of guanidine groups is 1. The van der Waals surface area contributed by atoms with Crippen LogP contribution in [0.5, 0.6) is 11.5 Å². The Balaban J connectivity index is 0.00000289. The van der Waals surface area contributed by atoms with E-state index in [-0.39, 0.29) is 41.9 Å². The fraction of sp³-hybridized carbons (Fsp3) is 0.435. The second-order valence-corrected chi connectivity index (χ2v) is 7.55. The van der Waals surface area contributed by atoms with Crippen molar-refractivity contribution >= 4 is 29.9 Å². The average Bonchev–Trinajstić information content (AvgIpc) is 2.82. The van der Waals surface area contributed by atoms with Crippen LogP contribution in [0, 0.1) is 5.82 Å². The Bertz CT molecular complexity index is 895. The van der Waals surface area contributed by atoms with E-state index in [1.807, 2.05) is 30.3 Å². The number of halogens is 2. The molecule has 0 bridgehead atoms. The first-order valence-corrected chi connectivity index (χ1v) is 10.6. The van der Waals surface area contributed by atoms with Gasteiger partial charge >= 0.3 is 0 Å². The number of hydrogen-bond acceptors (Lipinski definition) is 5. The third-order valence-electron chi connectivity index (χ3n) is 5.47. The van der Waals surface area contributed by atoms with E-state index in [0.717, 1.165) is 30.2 Å². The first-order chi connectivity index (χ1) is 15.2. The van der Waals surface area contributed by atoms with E-state index < -0.39 is 0 Å². The zero-order valence-electron chi connectivity index (χ0n) is 18.1. The van der Waals surface area contributed by atoms with Gasteiger partial charge in [0.15, 0.2) is 17.5 Å². The van der Waals surface area contributed by atoms with Gasteiger partial charge in [-0.05, 0) is 29.8 Å². The lowest BCUT2D eigenvalue weighted by atomic mass is 10.0. The van der Waals surface area contributed by atoms with Gasteiger partial charge in [-0.2, -0.15) is 0 Å². The van der Waals surface area contributed by atoms with Crippen molar-refractivity contribution in [2.75, 3.05) is 53.0 Å². The van der Waals surface area contributed by atoms with Gasteiger partial charge in [0.1, 0.15) is 18.5 Å². The summed E-state index contributed by atoms with van der Waals surface area (Å²) in [7, 11) is 1.73. The summed E-state index contributed by atoms with van der Waals surface area (Å²) < 4.78 is 31.1. The molecule has 0 radical (unpaired) electrons. The number of benzene rings is 2. The second kappa shape index (κ2) is 12.2. The van der Waals surface area contributed by atoms with E-state index in [1.54, 1.807) is 19.2 Å². The Morgan fingerprint density at radius 1 is 1.12 bits per heavy atom. The molecule has 2 N–H and O–H groups in total. The van der Waals surface area contributed by atoms with Crippen molar-refractivity contribution in [2.45, 2.75) is 12.1 Å². The summed E-state index contributed by atoms with van der Waals surface area (Å²) in [5.41, 5.74) is 0.936. The molecule has 2 aromatic carbocycles. The number of nitrogens with one attached hydrogen (secondary N) is 2. The number of ether oxygens (including phenoxy) is 3. The molecule has 2 aromatic rings. The lowest BCUT2D eigenvalue weighted by molar-refractivity contribution is 0.0169. The van der Waals surface area contributed by atoms with Crippen molar-refractivity contribution < 1.29 is 18.6 Å². The Morgan fingerprint density at radius 3 is 2.66 bits per heavy atom. The molecule has 0 amide bonds. The van der Waals surface area contributed by atoms with Crippen LogP contribution >= 0.6 is 24.0 Å². The summed E-state index contributed by atoms with van der Waals surface area (Å²) in [5.74, 6) is 1.96. The minimum atomic E-state index is -0.229. The van der Waals surface area contributed by atoms with Gasteiger partial charge in [0.25, 0.3) is 0 Å². The van der Waals surface area contributed by atoms with Gasteiger partial charge in [-0.1, -0.05) is 24.3 Å². The molecule has 9 heteroatoms. The molecule has 1 fully saturated rings. The van der Waals surface area contributed by atoms with Gasteiger partial charge in [0.2, 0.25) is 0 Å². The third kappa shape index (κ3) is 6.46. The molecule has 2 aliphatic rings. The van der Waals surface area contributed by atoms with Crippen molar-refractivity contribution in [1.82, 2.24) is 15.5 Å². The van der Waals surface area contributed by atoms with Crippen LogP contribution in [0.3, 0.4) is 0 Å². The predicted octanol–water partition coefficient (Wildman–Crippen LogP) is 2.82. The van der Waals surface area contributed by atoms with E-state index in [4.69, 9.17) is 14.2 Å². The maximum absolute atomic E-state index is 13.9. The topological polar surface area (TPSA) is 67.4 Å². The smallest absolute Gasteiger partial charge is 0.191 e. The summed E-state index contributed by atoms with van der Waals surface area (Å²) in [6.07, 6.45) is -0.119. The lowest BCUT2D eigenvalue weighted by Crippen LogP contribution is -2.48. The van der Waals surface area contributed by atoms with Gasteiger partial charge < -0.3 is 24.8 Å². The van der Waals surface area contributed by atoms with Crippen molar-refractivity contribution in [2.24, 2.45) is 4.99 Å². The van der Waals surface area contributed by atoms with Crippen molar-refractivity contribution in [3.8, 4) is 11.5 Å². The largest absolute Gasteiger partial charge is 0.486 e. The van der Waals surface area contributed by atoms with Crippen molar-refractivity contribution in [1.29, 1.82) is 0 Å². The van der Waals surface area contributed by atoms with Gasteiger partial charge in [-0.15, -0.1) is 24.0 Å². The van der Waals surface area contributed by atoms with Crippen molar-refractivity contribution in [3.05, 3.63) is 59.9 Å². The summed E-state index contributed by atoms with van der Waals surface area (Å²) in [6.45, 7) is 4.59. The van der Waals surface area contributed by atoms with Crippen LogP contribution < -0.4 is 20.1 Å². The molecule has 2 atom stereocenters. The SMILES string of the molecule is CN=C(NCC1COc2ccccc2O1)NCC(c1cccc(F)c1)N1CCOCC1.I. The highest BCUT2D eigenvalue weighted by Gasteiger charge is 2.24. The molecule has 1 saturated heterocycles. The molecule has 0 spiro atoms. The number of hydrogen-bond donors (Lipinski definition) is 2. The highest BCUT2D eigenvalue weighted by atomic mass is 127. The van der Waals surface area contributed by atoms with Crippen LogP contribution in [0.15, 0.2) is 53.5 Å². The fourth-order valence-corrected chi connectivity index (χ4v) is 3.85. The zero-order valence-corrected chi connectivity index (χ0v) is 20.5. The van der Waals surface area contributed by atoms with Crippen LogP contribution in [0.4, 0.5) is 4.39 Å². The number of para-hydroxylation sites is 2. The monoisotopic (exact) mass is 556 g/mol.